The van der Waals surface area contributed by atoms with E-state index in [2.05, 4.69) is 36.5 Å². The molecule has 0 spiro atoms. The number of carbonyl (C=O) groups is 1. The summed E-state index contributed by atoms with van der Waals surface area (Å²) in [5, 5.41) is 3.33. The van der Waals surface area contributed by atoms with Gasteiger partial charge < -0.3 is 5.32 Å². The first-order valence-corrected chi connectivity index (χ1v) is 6.14. The normalized spacial score (nSPS) is 19.2. The van der Waals surface area contributed by atoms with E-state index in [1.54, 1.807) is 0 Å². The second kappa shape index (κ2) is 5.26. The third kappa shape index (κ3) is 2.50. The summed E-state index contributed by atoms with van der Waals surface area (Å²) in [5.74, 6) is 0.372. The lowest BCUT2D eigenvalue weighted by Crippen LogP contribution is -2.41. The Morgan fingerprint density at radius 1 is 1.38 bits per heavy atom. The van der Waals surface area contributed by atoms with Gasteiger partial charge in [0.05, 0.1) is 6.04 Å². The molecule has 0 aromatic heterocycles. The highest BCUT2D eigenvalue weighted by Gasteiger charge is 2.22. The van der Waals surface area contributed by atoms with Gasteiger partial charge in [0.25, 0.3) is 0 Å². The van der Waals surface area contributed by atoms with Gasteiger partial charge in [0.2, 0.25) is 0 Å². The van der Waals surface area contributed by atoms with Gasteiger partial charge in [-0.2, -0.15) is 0 Å². The van der Waals surface area contributed by atoms with E-state index in [1.165, 1.54) is 11.1 Å². The number of hydrogen-bond donors (Lipinski definition) is 1. The predicted octanol–water partition coefficient (Wildman–Crippen LogP) is 2.46. The zero-order valence-electron chi connectivity index (χ0n) is 9.83. The molecule has 16 heavy (non-hydrogen) atoms. The average molecular weight is 217 g/mol. The van der Waals surface area contributed by atoms with E-state index in [4.69, 9.17) is 0 Å². The van der Waals surface area contributed by atoms with Crippen molar-refractivity contribution in [1.29, 1.82) is 0 Å². The number of rotatable bonds is 4. The van der Waals surface area contributed by atoms with Crippen LogP contribution in [-0.2, 0) is 17.8 Å². The van der Waals surface area contributed by atoms with Gasteiger partial charge in [0.15, 0.2) is 0 Å². The van der Waals surface area contributed by atoms with Crippen LogP contribution in [0, 0.1) is 0 Å². The van der Waals surface area contributed by atoms with E-state index in [0.29, 0.717) is 5.78 Å². The van der Waals surface area contributed by atoms with Gasteiger partial charge in [-0.05, 0) is 24.0 Å². The van der Waals surface area contributed by atoms with E-state index < -0.39 is 0 Å². The lowest BCUT2D eigenvalue weighted by molar-refractivity contribution is -0.121. The Labute approximate surface area is 97.1 Å². The average Bonchev–Trinajstić information content (AvgIpc) is 2.35. The lowest BCUT2D eigenvalue weighted by Gasteiger charge is -2.25. The molecule has 86 valence electrons. The van der Waals surface area contributed by atoms with Crippen LogP contribution < -0.4 is 5.32 Å². The molecule has 0 aliphatic carbocycles. The highest BCUT2D eigenvalue weighted by atomic mass is 16.1. The second-order valence-electron chi connectivity index (χ2n) is 4.48. The molecule has 2 nitrogen and oxygen atoms in total. The van der Waals surface area contributed by atoms with E-state index in [1.807, 2.05) is 0 Å². The highest BCUT2D eigenvalue weighted by molar-refractivity contribution is 5.84. The Balaban J connectivity index is 1.99. The SMILES string of the molecule is CCCCC(=O)C1Cc2ccccc2CN1. The molecule has 0 amide bonds. The van der Waals surface area contributed by atoms with E-state index in [-0.39, 0.29) is 6.04 Å². The molecular weight excluding hydrogens is 198 g/mol. The van der Waals surface area contributed by atoms with Gasteiger partial charge in [-0.1, -0.05) is 37.6 Å². The van der Waals surface area contributed by atoms with Gasteiger partial charge >= 0.3 is 0 Å². The Hall–Kier alpha value is -1.15. The molecule has 1 aromatic rings. The summed E-state index contributed by atoms with van der Waals surface area (Å²) in [6.45, 7) is 2.95. The number of carbonyl (C=O) groups excluding carboxylic acids is 1. The fraction of sp³-hybridized carbons (Fsp3) is 0.500. The molecule has 0 saturated heterocycles. The van der Waals surface area contributed by atoms with Gasteiger partial charge in [-0.15, -0.1) is 0 Å². The third-order valence-corrected chi connectivity index (χ3v) is 3.25. The number of fused-ring (bicyclic) bond motifs is 1. The third-order valence-electron chi connectivity index (χ3n) is 3.25. The van der Waals surface area contributed by atoms with E-state index >= 15 is 0 Å². The molecule has 0 saturated carbocycles. The standard InChI is InChI=1S/C14H19NO/c1-2-3-8-14(16)13-9-11-6-4-5-7-12(11)10-15-13/h4-7,13,15H,2-3,8-10H2,1H3. The molecule has 1 unspecified atom stereocenters. The maximum absolute atomic E-state index is 11.9. The smallest absolute Gasteiger partial charge is 0.150 e. The van der Waals surface area contributed by atoms with Crippen LogP contribution in [0.15, 0.2) is 24.3 Å². The topological polar surface area (TPSA) is 29.1 Å². The van der Waals surface area contributed by atoms with Crippen molar-refractivity contribution in [1.82, 2.24) is 5.32 Å². The van der Waals surface area contributed by atoms with Crippen molar-refractivity contribution in [2.24, 2.45) is 0 Å². The zero-order valence-corrected chi connectivity index (χ0v) is 9.83. The van der Waals surface area contributed by atoms with Crippen LogP contribution in [0.5, 0.6) is 0 Å². The largest absolute Gasteiger partial charge is 0.303 e. The van der Waals surface area contributed by atoms with Gasteiger partial charge in [0.1, 0.15) is 5.78 Å². The summed E-state index contributed by atoms with van der Waals surface area (Å²) >= 11 is 0. The molecule has 1 N–H and O–H groups in total. The van der Waals surface area contributed by atoms with Gasteiger partial charge in [-0.25, -0.2) is 0 Å². The van der Waals surface area contributed by atoms with Crippen molar-refractivity contribution in [2.45, 2.75) is 45.2 Å². The molecule has 1 heterocycles. The Morgan fingerprint density at radius 2 is 2.12 bits per heavy atom. The Bertz CT molecular complexity index is 373. The minimum absolute atomic E-state index is 0.0430. The summed E-state index contributed by atoms with van der Waals surface area (Å²) in [6.07, 6.45) is 3.68. The van der Waals surface area contributed by atoms with Crippen LogP contribution in [0.1, 0.15) is 37.3 Å². The minimum atomic E-state index is 0.0430. The second-order valence-corrected chi connectivity index (χ2v) is 4.48. The van der Waals surface area contributed by atoms with Gasteiger partial charge in [0, 0.05) is 13.0 Å². The predicted molar refractivity (Wildman–Crippen MR) is 65.3 cm³/mol. The molecule has 2 heteroatoms. The highest BCUT2D eigenvalue weighted by Crippen LogP contribution is 2.17. The maximum Gasteiger partial charge on any atom is 0.150 e. The number of hydrogen-bond acceptors (Lipinski definition) is 2. The zero-order chi connectivity index (χ0) is 11.4. The molecule has 1 atom stereocenters. The van der Waals surface area contributed by atoms with Crippen molar-refractivity contribution >= 4 is 5.78 Å². The van der Waals surface area contributed by atoms with E-state index in [0.717, 1.165) is 32.2 Å². The quantitative estimate of drug-likeness (QED) is 0.839. The van der Waals surface area contributed by atoms with Crippen LogP contribution in [0.25, 0.3) is 0 Å². The molecule has 0 fully saturated rings. The fourth-order valence-electron chi connectivity index (χ4n) is 2.21. The summed E-state index contributed by atoms with van der Waals surface area (Å²) in [5.41, 5.74) is 2.66. The first kappa shape index (κ1) is 11.3. The van der Waals surface area contributed by atoms with Crippen molar-refractivity contribution in [2.75, 3.05) is 0 Å². The maximum atomic E-state index is 11.9. The summed E-state index contributed by atoms with van der Waals surface area (Å²) < 4.78 is 0. The molecule has 0 radical (unpaired) electrons. The molecule has 1 aromatic carbocycles. The Kier molecular flexibility index (Phi) is 3.73. The molecule has 0 bridgehead atoms. The van der Waals surface area contributed by atoms with Crippen LogP contribution in [0.2, 0.25) is 0 Å². The first-order valence-electron chi connectivity index (χ1n) is 6.14. The number of ketones is 1. The van der Waals surface area contributed by atoms with Crippen molar-refractivity contribution < 1.29 is 4.79 Å². The first-order chi connectivity index (χ1) is 7.81. The van der Waals surface area contributed by atoms with Crippen LogP contribution in [0.4, 0.5) is 0 Å². The summed E-state index contributed by atoms with van der Waals surface area (Å²) in [6, 6.07) is 8.42. The number of nitrogens with one attached hydrogen (secondary N) is 1. The molecular formula is C14H19NO. The molecule has 1 aliphatic rings. The van der Waals surface area contributed by atoms with Crippen molar-refractivity contribution in [3.05, 3.63) is 35.4 Å². The monoisotopic (exact) mass is 217 g/mol. The fourth-order valence-corrected chi connectivity index (χ4v) is 2.21. The number of unbranched alkanes of at least 4 members (excludes halogenated alkanes) is 1. The Morgan fingerprint density at radius 3 is 2.88 bits per heavy atom. The molecule has 2 rings (SSSR count). The summed E-state index contributed by atoms with van der Waals surface area (Å²) in [4.78, 5) is 11.9. The van der Waals surface area contributed by atoms with Crippen LogP contribution >= 0.6 is 0 Å². The lowest BCUT2D eigenvalue weighted by atomic mass is 9.92. The number of Topliss-reactive ketones (excluding diaryl/α,β-unsaturated/α-hetero) is 1. The number of benzene rings is 1. The van der Waals surface area contributed by atoms with Gasteiger partial charge in [-0.3, -0.25) is 4.79 Å². The minimum Gasteiger partial charge on any atom is -0.303 e. The van der Waals surface area contributed by atoms with Crippen molar-refractivity contribution in [3.8, 4) is 0 Å². The summed E-state index contributed by atoms with van der Waals surface area (Å²) in [7, 11) is 0. The van der Waals surface area contributed by atoms with E-state index in [9.17, 15) is 4.79 Å². The van der Waals surface area contributed by atoms with Crippen LogP contribution in [0.3, 0.4) is 0 Å². The van der Waals surface area contributed by atoms with Crippen molar-refractivity contribution in [3.63, 3.8) is 0 Å². The molecule has 1 aliphatic heterocycles. The van der Waals surface area contributed by atoms with Crippen LogP contribution in [-0.4, -0.2) is 11.8 Å².